The van der Waals surface area contributed by atoms with Gasteiger partial charge in [-0.15, -0.1) is 5.10 Å². The first-order chi connectivity index (χ1) is 6.53. The minimum atomic E-state index is -0.620. The zero-order valence-electron chi connectivity index (χ0n) is 8.14. The molecule has 0 saturated heterocycles. The Morgan fingerprint density at radius 3 is 2.86 bits per heavy atom. The van der Waals surface area contributed by atoms with Crippen LogP contribution in [0.3, 0.4) is 0 Å². The van der Waals surface area contributed by atoms with Crippen molar-refractivity contribution in [2.24, 2.45) is 0 Å². The molecule has 0 aromatic carbocycles. The van der Waals surface area contributed by atoms with Crippen LogP contribution >= 0.6 is 0 Å². The van der Waals surface area contributed by atoms with Crippen molar-refractivity contribution in [3.63, 3.8) is 0 Å². The highest BCUT2D eigenvalue weighted by molar-refractivity contribution is 5.76. The minimum Gasteiger partial charge on any atom is -0.394 e. The average Bonchev–Trinajstić information content (AvgIpc) is 2.55. The maximum Gasteiger partial charge on any atom is 0.242 e. The van der Waals surface area contributed by atoms with Crippen LogP contribution in [0.15, 0.2) is 6.33 Å². The predicted molar refractivity (Wildman–Crippen MR) is 47.1 cm³/mol. The first kappa shape index (κ1) is 10.6. The fourth-order valence-electron chi connectivity index (χ4n) is 0.856. The summed E-state index contributed by atoms with van der Waals surface area (Å²) in [6, 6.07) is 0. The summed E-state index contributed by atoms with van der Waals surface area (Å²) in [5.74, 6) is -0.239. The number of hydrogen-bond donors (Lipinski definition) is 2. The van der Waals surface area contributed by atoms with E-state index in [0.29, 0.717) is 0 Å². The van der Waals surface area contributed by atoms with Crippen LogP contribution in [0.1, 0.15) is 13.8 Å². The number of aromatic nitrogens is 4. The molecule has 0 aliphatic rings. The van der Waals surface area contributed by atoms with Crippen molar-refractivity contribution in [2.75, 3.05) is 6.61 Å². The molecule has 0 spiro atoms. The van der Waals surface area contributed by atoms with Crippen molar-refractivity contribution in [3.05, 3.63) is 6.33 Å². The molecule has 1 aromatic rings. The zero-order chi connectivity index (χ0) is 10.6. The van der Waals surface area contributed by atoms with Gasteiger partial charge in [-0.2, -0.15) is 0 Å². The first-order valence-electron chi connectivity index (χ1n) is 4.16. The van der Waals surface area contributed by atoms with E-state index in [-0.39, 0.29) is 19.1 Å². The second kappa shape index (κ2) is 4.14. The zero-order valence-corrected chi connectivity index (χ0v) is 8.14. The molecular formula is C7H13N5O2. The molecule has 2 N–H and O–H groups in total. The molecule has 1 heterocycles. The van der Waals surface area contributed by atoms with Gasteiger partial charge in [-0.25, -0.2) is 4.68 Å². The summed E-state index contributed by atoms with van der Waals surface area (Å²) >= 11 is 0. The fraction of sp³-hybridized carbons (Fsp3) is 0.714. The summed E-state index contributed by atoms with van der Waals surface area (Å²) in [5.41, 5.74) is -0.620. The molecule has 0 fully saturated rings. The Labute approximate surface area is 81.1 Å². The smallest absolute Gasteiger partial charge is 0.242 e. The number of amides is 1. The van der Waals surface area contributed by atoms with Gasteiger partial charge in [0.2, 0.25) is 5.91 Å². The second-order valence-electron chi connectivity index (χ2n) is 3.60. The van der Waals surface area contributed by atoms with Crippen LogP contribution in [-0.2, 0) is 11.3 Å². The molecule has 0 unspecified atom stereocenters. The lowest BCUT2D eigenvalue weighted by Gasteiger charge is -2.23. The number of nitrogens with one attached hydrogen (secondary N) is 1. The quantitative estimate of drug-likeness (QED) is 0.619. The highest BCUT2D eigenvalue weighted by Gasteiger charge is 2.19. The van der Waals surface area contributed by atoms with Crippen LogP contribution in [0.2, 0.25) is 0 Å². The van der Waals surface area contributed by atoms with Gasteiger partial charge in [-0.05, 0) is 24.3 Å². The van der Waals surface area contributed by atoms with Gasteiger partial charge in [-0.3, -0.25) is 4.79 Å². The largest absolute Gasteiger partial charge is 0.394 e. The van der Waals surface area contributed by atoms with Gasteiger partial charge in [0.1, 0.15) is 12.9 Å². The van der Waals surface area contributed by atoms with Crippen molar-refractivity contribution in [1.82, 2.24) is 25.5 Å². The molecule has 0 saturated carbocycles. The minimum absolute atomic E-state index is 0.0520. The fourth-order valence-corrected chi connectivity index (χ4v) is 0.856. The second-order valence-corrected chi connectivity index (χ2v) is 3.60. The van der Waals surface area contributed by atoms with Gasteiger partial charge in [0.25, 0.3) is 0 Å². The molecule has 7 heteroatoms. The van der Waals surface area contributed by atoms with Crippen LogP contribution in [-0.4, -0.2) is 43.4 Å². The van der Waals surface area contributed by atoms with E-state index in [0.717, 1.165) is 0 Å². The Bertz CT molecular complexity index is 295. The molecule has 78 valence electrons. The van der Waals surface area contributed by atoms with Gasteiger partial charge in [-0.1, -0.05) is 0 Å². The van der Waals surface area contributed by atoms with Gasteiger partial charge in [0.05, 0.1) is 12.1 Å². The van der Waals surface area contributed by atoms with E-state index in [2.05, 4.69) is 20.8 Å². The summed E-state index contributed by atoms with van der Waals surface area (Å²) < 4.78 is 1.31. The van der Waals surface area contributed by atoms with Crippen LogP contribution < -0.4 is 5.32 Å². The van der Waals surface area contributed by atoms with E-state index in [4.69, 9.17) is 5.11 Å². The van der Waals surface area contributed by atoms with Crippen molar-refractivity contribution in [2.45, 2.75) is 25.9 Å². The van der Waals surface area contributed by atoms with Crippen molar-refractivity contribution in [1.29, 1.82) is 0 Å². The third-order valence-corrected chi connectivity index (χ3v) is 1.57. The topological polar surface area (TPSA) is 92.9 Å². The Hall–Kier alpha value is -1.50. The summed E-state index contributed by atoms with van der Waals surface area (Å²) in [7, 11) is 0. The van der Waals surface area contributed by atoms with Crippen molar-refractivity contribution < 1.29 is 9.90 Å². The Morgan fingerprint density at radius 1 is 1.64 bits per heavy atom. The van der Waals surface area contributed by atoms with E-state index in [1.165, 1.54) is 11.0 Å². The highest BCUT2D eigenvalue weighted by atomic mass is 16.3. The number of carbonyl (C=O) groups excluding carboxylic acids is 1. The normalized spacial score (nSPS) is 11.4. The van der Waals surface area contributed by atoms with Crippen LogP contribution in [0.4, 0.5) is 0 Å². The van der Waals surface area contributed by atoms with E-state index in [1.807, 2.05) is 0 Å². The SMILES string of the molecule is CC(C)(CO)NC(=O)Cn1cnnn1. The van der Waals surface area contributed by atoms with E-state index < -0.39 is 5.54 Å². The van der Waals surface area contributed by atoms with Crippen molar-refractivity contribution in [3.8, 4) is 0 Å². The van der Waals surface area contributed by atoms with Gasteiger partial charge in [0, 0.05) is 0 Å². The molecule has 1 rings (SSSR count). The highest BCUT2D eigenvalue weighted by Crippen LogP contribution is 1.99. The number of carbonyl (C=O) groups is 1. The maximum absolute atomic E-state index is 11.3. The lowest BCUT2D eigenvalue weighted by atomic mass is 10.1. The number of tetrazole rings is 1. The van der Waals surface area contributed by atoms with E-state index in [9.17, 15) is 4.79 Å². The molecule has 0 aliphatic heterocycles. The molecule has 0 radical (unpaired) electrons. The van der Waals surface area contributed by atoms with Gasteiger partial charge >= 0.3 is 0 Å². The molecule has 14 heavy (non-hydrogen) atoms. The molecular weight excluding hydrogens is 186 g/mol. The van der Waals surface area contributed by atoms with Crippen molar-refractivity contribution >= 4 is 5.91 Å². The lowest BCUT2D eigenvalue weighted by molar-refractivity contribution is -0.123. The number of nitrogens with zero attached hydrogens (tertiary/aromatic N) is 4. The summed E-state index contributed by atoms with van der Waals surface area (Å²) in [5, 5.41) is 21.9. The Kier molecular flexibility index (Phi) is 3.13. The Balaban J connectivity index is 2.44. The van der Waals surface area contributed by atoms with Crippen LogP contribution in [0, 0.1) is 0 Å². The summed E-state index contributed by atoms with van der Waals surface area (Å²) in [4.78, 5) is 11.3. The lowest BCUT2D eigenvalue weighted by Crippen LogP contribution is -2.47. The third-order valence-electron chi connectivity index (χ3n) is 1.57. The van der Waals surface area contributed by atoms with Gasteiger partial charge < -0.3 is 10.4 Å². The van der Waals surface area contributed by atoms with Crippen LogP contribution in [0.5, 0.6) is 0 Å². The average molecular weight is 199 g/mol. The summed E-state index contributed by atoms with van der Waals surface area (Å²) in [6.07, 6.45) is 1.35. The Morgan fingerprint density at radius 2 is 2.36 bits per heavy atom. The monoisotopic (exact) mass is 199 g/mol. The molecule has 1 amide bonds. The molecule has 1 aromatic heterocycles. The van der Waals surface area contributed by atoms with Crippen LogP contribution in [0.25, 0.3) is 0 Å². The molecule has 0 aliphatic carbocycles. The number of aliphatic hydroxyl groups is 1. The third kappa shape index (κ3) is 3.09. The molecule has 7 nitrogen and oxygen atoms in total. The summed E-state index contributed by atoms with van der Waals surface area (Å²) in [6.45, 7) is 3.39. The number of hydrogen-bond acceptors (Lipinski definition) is 5. The molecule has 0 atom stereocenters. The maximum atomic E-state index is 11.3. The first-order valence-corrected chi connectivity index (χ1v) is 4.16. The van der Waals surface area contributed by atoms with E-state index >= 15 is 0 Å². The predicted octanol–water partition coefficient (Wildman–Crippen LogP) is -1.44. The number of rotatable bonds is 4. The standard InChI is InChI=1S/C7H13N5O2/c1-7(2,4-13)9-6(14)3-12-5-8-10-11-12/h5,13H,3-4H2,1-2H3,(H,9,14). The van der Waals surface area contributed by atoms with E-state index in [1.54, 1.807) is 13.8 Å². The van der Waals surface area contributed by atoms with Gasteiger partial charge in [0.15, 0.2) is 0 Å². The molecule has 0 bridgehead atoms. The number of aliphatic hydroxyl groups excluding tert-OH is 1.